The lowest BCUT2D eigenvalue weighted by Crippen LogP contribution is -2.29. The first-order valence-electron chi connectivity index (χ1n) is 19.0. The van der Waals surface area contributed by atoms with Crippen molar-refractivity contribution < 1.29 is 47.8 Å². The Morgan fingerprint density at radius 3 is 1.32 bits per heavy atom. The van der Waals surface area contributed by atoms with Gasteiger partial charge in [0.05, 0.1) is 19.8 Å². The monoisotopic (exact) mass is 694 g/mol. The van der Waals surface area contributed by atoms with E-state index in [1.54, 1.807) is 0 Å². The molecule has 0 aromatic rings. The molecule has 3 N–H and O–H groups in total. The van der Waals surface area contributed by atoms with E-state index in [1.165, 1.54) is 109 Å². The second-order valence-electron chi connectivity index (χ2n) is 13.0. The summed E-state index contributed by atoms with van der Waals surface area (Å²) < 4.78 is 32.5. The summed E-state index contributed by atoms with van der Waals surface area (Å²) >= 11 is 0. The van der Waals surface area contributed by atoms with Crippen LogP contribution in [0, 0.1) is 0 Å². The number of hydrogen-bond acceptors (Lipinski definition) is 9. The predicted molar refractivity (Wildman–Crippen MR) is 187 cm³/mol. The third-order valence-electron chi connectivity index (χ3n) is 8.26. The third kappa shape index (κ3) is 33.3. The molecule has 0 rings (SSSR count). The summed E-state index contributed by atoms with van der Waals surface area (Å²) in [5.74, 6) is -0.917. The maximum Gasteiger partial charge on any atom is 0.472 e. The number of phosphoric ester groups is 1. The minimum absolute atomic E-state index is 0.190. The molecule has 0 aliphatic carbocycles. The van der Waals surface area contributed by atoms with Crippen molar-refractivity contribution in [2.45, 2.75) is 193 Å². The van der Waals surface area contributed by atoms with Gasteiger partial charge in [-0.15, -0.1) is 0 Å². The first-order valence-corrected chi connectivity index (χ1v) is 20.5. The highest BCUT2D eigenvalue weighted by Crippen LogP contribution is 2.43. The van der Waals surface area contributed by atoms with Crippen LogP contribution in [0.4, 0.5) is 0 Å². The molecule has 0 aliphatic rings. The summed E-state index contributed by atoms with van der Waals surface area (Å²) in [5.41, 5.74) is 0. The zero-order chi connectivity index (χ0) is 34.9. The van der Waals surface area contributed by atoms with E-state index in [-0.39, 0.29) is 19.4 Å². The molecule has 0 heterocycles. The van der Waals surface area contributed by atoms with Gasteiger partial charge in [-0.3, -0.25) is 18.6 Å². The van der Waals surface area contributed by atoms with Crippen molar-refractivity contribution >= 4 is 19.8 Å². The molecule has 0 aromatic heterocycles. The summed E-state index contributed by atoms with van der Waals surface area (Å²) in [5, 5.41) is 18.2. The minimum atomic E-state index is -4.60. The van der Waals surface area contributed by atoms with E-state index in [0.717, 1.165) is 32.1 Å². The number of unbranched alkanes of at least 4 members (excludes halogenated alkanes) is 22. The Balaban J connectivity index is 4.32. The normalized spacial score (nSPS) is 14.1. The molecule has 47 heavy (non-hydrogen) atoms. The van der Waals surface area contributed by atoms with E-state index in [0.29, 0.717) is 12.8 Å². The number of rotatable bonds is 36. The lowest BCUT2D eigenvalue weighted by molar-refractivity contribution is -0.161. The highest BCUT2D eigenvalue weighted by molar-refractivity contribution is 7.47. The predicted octanol–water partition coefficient (Wildman–Crippen LogP) is 9.11. The Bertz CT molecular complexity index is 766. The van der Waals surface area contributed by atoms with Gasteiger partial charge in [0.1, 0.15) is 12.7 Å². The Hall–Kier alpha value is -1.03. The summed E-state index contributed by atoms with van der Waals surface area (Å²) in [7, 11) is -4.60. The lowest BCUT2D eigenvalue weighted by atomic mass is 10.0. The van der Waals surface area contributed by atoms with E-state index in [9.17, 15) is 24.2 Å². The molecule has 0 amide bonds. The maximum atomic E-state index is 12.5. The summed E-state index contributed by atoms with van der Waals surface area (Å²) in [6, 6.07) is 0. The van der Waals surface area contributed by atoms with Gasteiger partial charge in [-0.05, 0) is 12.8 Å². The lowest BCUT2D eigenvalue weighted by Gasteiger charge is -2.20. The van der Waals surface area contributed by atoms with Gasteiger partial charge in [-0.1, -0.05) is 155 Å². The van der Waals surface area contributed by atoms with Gasteiger partial charge in [-0.25, -0.2) is 4.57 Å². The first kappa shape index (κ1) is 46.0. The van der Waals surface area contributed by atoms with Gasteiger partial charge in [-0.2, -0.15) is 0 Å². The fourth-order valence-electron chi connectivity index (χ4n) is 5.29. The van der Waals surface area contributed by atoms with Crippen molar-refractivity contribution in [1.29, 1.82) is 0 Å². The van der Waals surface area contributed by atoms with E-state index in [4.69, 9.17) is 19.1 Å². The molecule has 0 fully saturated rings. The van der Waals surface area contributed by atoms with E-state index >= 15 is 0 Å². The molecular formula is C36H71O10P. The second-order valence-corrected chi connectivity index (χ2v) is 14.4. The van der Waals surface area contributed by atoms with Crippen molar-refractivity contribution in [3.8, 4) is 0 Å². The van der Waals surface area contributed by atoms with Crippen molar-refractivity contribution in [3.63, 3.8) is 0 Å². The van der Waals surface area contributed by atoms with Crippen LogP contribution in [0.2, 0.25) is 0 Å². The molecule has 0 saturated heterocycles. The second kappa shape index (κ2) is 33.5. The van der Waals surface area contributed by atoms with Crippen molar-refractivity contribution in [2.75, 3.05) is 26.4 Å². The number of esters is 2. The number of hydrogen-bond donors (Lipinski definition) is 3. The van der Waals surface area contributed by atoms with Crippen LogP contribution < -0.4 is 0 Å². The Labute approximate surface area is 286 Å². The molecule has 11 heteroatoms. The zero-order valence-electron chi connectivity index (χ0n) is 30.0. The van der Waals surface area contributed by atoms with Crippen LogP contribution in [-0.2, 0) is 32.7 Å². The molecule has 0 aliphatic heterocycles. The number of carbonyl (C=O) groups excluding carboxylic acids is 2. The quantitative estimate of drug-likeness (QED) is 0.0329. The Morgan fingerprint density at radius 1 is 0.553 bits per heavy atom. The van der Waals surface area contributed by atoms with Crippen molar-refractivity contribution in [3.05, 3.63) is 0 Å². The smallest absolute Gasteiger partial charge is 0.462 e. The van der Waals surface area contributed by atoms with E-state index < -0.39 is 51.8 Å². The molecule has 10 nitrogen and oxygen atoms in total. The van der Waals surface area contributed by atoms with Crippen molar-refractivity contribution in [2.24, 2.45) is 0 Å². The van der Waals surface area contributed by atoms with Gasteiger partial charge in [0.15, 0.2) is 6.10 Å². The fraction of sp³-hybridized carbons (Fsp3) is 0.944. The SMILES string of the molecule is CCCCCCCCCCCCCCCCC(=O)OC[C@@H](COP(=O)(O)OC[C@H](O)CO)OC(=O)CCCCCCCCCCCC. The number of aliphatic hydroxyl groups excluding tert-OH is 2. The van der Waals surface area contributed by atoms with E-state index in [1.807, 2.05) is 0 Å². The molecule has 0 spiro atoms. The fourth-order valence-corrected chi connectivity index (χ4v) is 6.08. The topological polar surface area (TPSA) is 149 Å². The van der Waals surface area contributed by atoms with Crippen molar-refractivity contribution in [1.82, 2.24) is 0 Å². The van der Waals surface area contributed by atoms with E-state index in [2.05, 4.69) is 18.4 Å². The molecular weight excluding hydrogens is 623 g/mol. The number of aliphatic hydroxyl groups is 2. The first-order chi connectivity index (χ1) is 22.7. The van der Waals surface area contributed by atoms with Gasteiger partial charge >= 0.3 is 19.8 Å². The van der Waals surface area contributed by atoms with Gasteiger partial charge in [0, 0.05) is 12.8 Å². The largest absolute Gasteiger partial charge is 0.472 e. The maximum absolute atomic E-state index is 12.5. The van der Waals surface area contributed by atoms with Crippen LogP contribution in [0.15, 0.2) is 0 Å². The molecule has 0 aromatic carbocycles. The number of ether oxygens (including phenoxy) is 2. The van der Waals surface area contributed by atoms with Crippen LogP contribution in [0.5, 0.6) is 0 Å². The number of carbonyl (C=O) groups is 2. The minimum Gasteiger partial charge on any atom is -0.462 e. The summed E-state index contributed by atoms with van der Waals surface area (Å²) in [6.45, 7) is 2.37. The molecule has 280 valence electrons. The highest BCUT2D eigenvalue weighted by Gasteiger charge is 2.27. The molecule has 3 atom stereocenters. The zero-order valence-corrected chi connectivity index (χ0v) is 30.9. The molecule has 1 unspecified atom stereocenters. The van der Waals surface area contributed by atoms with Gasteiger partial charge in [0.25, 0.3) is 0 Å². The van der Waals surface area contributed by atoms with Gasteiger partial charge in [0.2, 0.25) is 0 Å². The average Bonchev–Trinajstić information content (AvgIpc) is 3.05. The summed E-state index contributed by atoms with van der Waals surface area (Å²) in [4.78, 5) is 34.7. The molecule has 0 radical (unpaired) electrons. The van der Waals surface area contributed by atoms with Crippen LogP contribution in [-0.4, -0.2) is 65.7 Å². The Morgan fingerprint density at radius 2 is 0.915 bits per heavy atom. The van der Waals surface area contributed by atoms with Crippen LogP contribution >= 0.6 is 7.82 Å². The van der Waals surface area contributed by atoms with Crippen LogP contribution in [0.25, 0.3) is 0 Å². The van der Waals surface area contributed by atoms with Gasteiger partial charge < -0.3 is 24.6 Å². The standard InChI is InChI=1S/C36H71O10P/c1-3-5-7-9-11-13-15-16-17-18-20-21-23-25-27-35(39)43-31-34(32-45-47(41,42)44-30-33(38)29-37)46-36(40)28-26-24-22-19-14-12-10-8-6-4-2/h33-34,37-38H,3-32H2,1-2H3,(H,41,42)/t33-,34+/m1/s1. The number of phosphoric acid groups is 1. The summed E-state index contributed by atoms with van der Waals surface area (Å²) in [6.07, 6.45) is 26.5. The third-order valence-corrected chi connectivity index (χ3v) is 9.21. The molecule has 0 saturated carbocycles. The molecule has 0 bridgehead atoms. The highest BCUT2D eigenvalue weighted by atomic mass is 31.2. The Kier molecular flexibility index (Phi) is 32.7. The average molecular weight is 695 g/mol. The van der Waals surface area contributed by atoms with Crippen LogP contribution in [0.3, 0.4) is 0 Å². The van der Waals surface area contributed by atoms with Crippen LogP contribution in [0.1, 0.15) is 181 Å².